The van der Waals surface area contributed by atoms with Gasteiger partial charge in [0.05, 0.1) is 6.20 Å². The molecule has 0 saturated heterocycles. The summed E-state index contributed by atoms with van der Waals surface area (Å²) in [7, 11) is 2.03. The Morgan fingerprint density at radius 2 is 2.11 bits per heavy atom. The highest BCUT2D eigenvalue weighted by atomic mass is 15.4. The molecule has 0 N–H and O–H groups in total. The van der Waals surface area contributed by atoms with Crippen LogP contribution in [0, 0.1) is 0 Å². The highest BCUT2D eigenvalue weighted by molar-refractivity contribution is 5.76. The van der Waals surface area contributed by atoms with Gasteiger partial charge in [-0.2, -0.15) is 0 Å². The van der Waals surface area contributed by atoms with Gasteiger partial charge < -0.3 is 9.80 Å². The first-order chi connectivity index (χ1) is 8.61. The third kappa shape index (κ3) is 1.70. The van der Waals surface area contributed by atoms with Crippen molar-refractivity contribution >= 4 is 11.5 Å². The van der Waals surface area contributed by atoms with Gasteiger partial charge in [-0.3, -0.25) is 0 Å². The first kappa shape index (κ1) is 12.4. The van der Waals surface area contributed by atoms with Crippen LogP contribution in [0.5, 0.6) is 0 Å². The molecule has 0 aromatic carbocycles. The number of hydrogen-bond acceptors (Lipinski definition) is 4. The van der Waals surface area contributed by atoms with Gasteiger partial charge in [-0.25, -0.2) is 9.97 Å². The van der Waals surface area contributed by atoms with Crippen LogP contribution in [-0.4, -0.2) is 23.2 Å². The van der Waals surface area contributed by atoms with Crippen molar-refractivity contribution in [2.45, 2.75) is 20.0 Å². The van der Waals surface area contributed by atoms with E-state index in [1.165, 1.54) is 0 Å². The van der Waals surface area contributed by atoms with Gasteiger partial charge >= 0.3 is 0 Å². The second-order valence-electron chi connectivity index (χ2n) is 4.32. The third-order valence-electron chi connectivity index (χ3n) is 3.36. The van der Waals surface area contributed by atoms with Gasteiger partial charge in [-0.15, -0.1) is 0 Å². The normalized spacial score (nSPS) is 19.4. The number of fused-ring (bicyclic) bond motifs is 1. The molecule has 2 heterocycles. The molecule has 1 aromatic rings. The molecular weight excluding hydrogens is 224 g/mol. The fraction of sp³-hybridized carbons (Fsp3) is 0.286. The Morgan fingerprint density at radius 1 is 1.39 bits per heavy atom. The summed E-state index contributed by atoms with van der Waals surface area (Å²) in [5.41, 5.74) is 3.13. The molecule has 0 saturated carbocycles. The summed E-state index contributed by atoms with van der Waals surface area (Å²) in [6, 6.07) is 0. The van der Waals surface area contributed by atoms with Crippen LogP contribution >= 0.6 is 0 Å². The lowest BCUT2D eigenvalue weighted by atomic mass is 10.2. The van der Waals surface area contributed by atoms with E-state index in [1.54, 1.807) is 6.33 Å². The number of anilines is 2. The van der Waals surface area contributed by atoms with Crippen LogP contribution in [0.2, 0.25) is 0 Å². The lowest BCUT2D eigenvalue weighted by Gasteiger charge is -2.28. The van der Waals surface area contributed by atoms with Gasteiger partial charge in [-0.05, 0) is 25.5 Å². The van der Waals surface area contributed by atoms with Crippen molar-refractivity contribution in [3.05, 3.63) is 49.1 Å². The zero-order valence-corrected chi connectivity index (χ0v) is 11.1. The van der Waals surface area contributed by atoms with Gasteiger partial charge in [0.1, 0.15) is 18.2 Å². The van der Waals surface area contributed by atoms with Crippen LogP contribution in [-0.2, 0) is 0 Å². The predicted molar refractivity (Wildman–Crippen MR) is 75.5 cm³/mol. The second kappa shape index (κ2) is 4.64. The molecule has 2 rings (SSSR count). The maximum absolute atomic E-state index is 4.33. The molecule has 94 valence electrons. The molecule has 18 heavy (non-hydrogen) atoms. The average Bonchev–Trinajstić information content (AvgIpc) is 2.65. The van der Waals surface area contributed by atoms with E-state index >= 15 is 0 Å². The van der Waals surface area contributed by atoms with Gasteiger partial charge in [0.25, 0.3) is 0 Å². The second-order valence-corrected chi connectivity index (χ2v) is 4.32. The molecule has 0 bridgehead atoms. The molecule has 1 aliphatic rings. The average molecular weight is 242 g/mol. The Bertz CT molecular complexity index is 518. The van der Waals surface area contributed by atoms with E-state index in [1.807, 2.05) is 32.3 Å². The molecule has 0 amide bonds. The van der Waals surface area contributed by atoms with Gasteiger partial charge in [0, 0.05) is 12.7 Å². The third-order valence-corrected chi connectivity index (χ3v) is 3.36. The zero-order valence-electron chi connectivity index (χ0n) is 11.1. The first-order valence-electron chi connectivity index (χ1n) is 5.89. The predicted octanol–water partition coefficient (Wildman–Crippen LogP) is 2.72. The number of allylic oxidation sites excluding steroid dienone is 3. The van der Waals surface area contributed by atoms with Crippen molar-refractivity contribution in [3.63, 3.8) is 0 Å². The summed E-state index contributed by atoms with van der Waals surface area (Å²) in [6.07, 6.45) is 7.28. The van der Waals surface area contributed by atoms with Crippen LogP contribution in [0.1, 0.15) is 13.8 Å². The standard InChI is InChI=1S/C14H18N4/c1-6-10(3)12(7-2)18-11(4)17(5)14-13(18)8-15-9-16-14/h6-9,11H,1-2H2,3-5H3/b12-10+/t11-/m0/s1. The molecule has 1 aliphatic heterocycles. The molecule has 0 fully saturated rings. The quantitative estimate of drug-likeness (QED) is 0.763. The molecule has 4 nitrogen and oxygen atoms in total. The maximum Gasteiger partial charge on any atom is 0.157 e. The number of rotatable bonds is 3. The molecule has 1 aromatic heterocycles. The fourth-order valence-electron chi connectivity index (χ4n) is 2.19. The van der Waals surface area contributed by atoms with Gasteiger partial charge in [0.15, 0.2) is 5.82 Å². The Morgan fingerprint density at radius 3 is 2.72 bits per heavy atom. The van der Waals surface area contributed by atoms with E-state index in [0.717, 1.165) is 22.8 Å². The monoisotopic (exact) mass is 242 g/mol. The molecule has 1 atom stereocenters. The minimum Gasteiger partial charge on any atom is -0.337 e. The van der Waals surface area contributed by atoms with E-state index < -0.39 is 0 Å². The molecular formula is C14H18N4. The lowest BCUT2D eigenvalue weighted by molar-refractivity contribution is 0.711. The molecule has 4 heteroatoms. The van der Waals surface area contributed by atoms with E-state index in [0.29, 0.717) is 0 Å². The summed E-state index contributed by atoms with van der Waals surface area (Å²) in [5, 5.41) is 0. The Labute approximate surface area is 108 Å². The largest absolute Gasteiger partial charge is 0.337 e. The highest BCUT2D eigenvalue weighted by Gasteiger charge is 2.33. The number of aromatic nitrogens is 2. The molecule has 0 radical (unpaired) electrons. The van der Waals surface area contributed by atoms with Crippen molar-refractivity contribution < 1.29 is 0 Å². The summed E-state index contributed by atoms with van der Waals surface area (Å²) >= 11 is 0. The first-order valence-corrected chi connectivity index (χ1v) is 5.89. The van der Waals surface area contributed by atoms with Crippen molar-refractivity contribution in [2.24, 2.45) is 0 Å². The number of nitrogens with zero attached hydrogens (tertiary/aromatic N) is 4. The molecule has 0 aliphatic carbocycles. The van der Waals surface area contributed by atoms with E-state index in [4.69, 9.17) is 0 Å². The fourth-order valence-corrected chi connectivity index (χ4v) is 2.19. The summed E-state index contributed by atoms with van der Waals surface area (Å²) in [5.74, 6) is 0.939. The van der Waals surface area contributed by atoms with Crippen LogP contribution in [0.3, 0.4) is 0 Å². The summed E-state index contributed by atoms with van der Waals surface area (Å²) in [4.78, 5) is 12.8. The topological polar surface area (TPSA) is 32.3 Å². The van der Waals surface area contributed by atoms with Crippen LogP contribution in [0.25, 0.3) is 0 Å². The van der Waals surface area contributed by atoms with E-state index in [-0.39, 0.29) is 6.17 Å². The molecule has 0 spiro atoms. The highest BCUT2D eigenvalue weighted by Crippen LogP contribution is 2.39. The van der Waals surface area contributed by atoms with Gasteiger partial charge in [-0.1, -0.05) is 19.2 Å². The summed E-state index contributed by atoms with van der Waals surface area (Å²) < 4.78 is 0. The Balaban J connectivity index is 2.59. The van der Waals surface area contributed by atoms with E-state index in [9.17, 15) is 0 Å². The van der Waals surface area contributed by atoms with Crippen LogP contribution in [0.15, 0.2) is 49.1 Å². The Hall–Kier alpha value is -2.10. The molecule has 0 unspecified atom stereocenters. The van der Waals surface area contributed by atoms with Crippen molar-refractivity contribution in [1.82, 2.24) is 9.97 Å². The minimum atomic E-state index is 0.180. The van der Waals surface area contributed by atoms with Crippen molar-refractivity contribution in [1.29, 1.82) is 0 Å². The van der Waals surface area contributed by atoms with Crippen LogP contribution in [0.4, 0.5) is 11.5 Å². The van der Waals surface area contributed by atoms with Crippen molar-refractivity contribution in [3.8, 4) is 0 Å². The van der Waals surface area contributed by atoms with Crippen LogP contribution < -0.4 is 9.80 Å². The lowest BCUT2D eigenvalue weighted by Crippen LogP contribution is -2.38. The minimum absolute atomic E-state index is 0.180. The SMILES string of the molecule is C=C/C(C)=C(\C=C)N1c2cncnc2N(C)[C@@H]1C. The van der Waals surface area contributed by atoms with Crippen molar-refractivity contribution in [2.75, 3.05) is 16.8 Å². The maximum atomic E-state index is 4.33. The summed E-state index contributed by atoms with van der Waals surface area (Å²) in [6.45, 7) is 11.9. The van der Waals surface area contributed by atoms with Gasteiger partial charge in [0.2, 0.25) is 0 Å². The van der Waals surface area contributed by atoms with E-state index in [2.05, 4.69) is 39.8 Å². The smallest absolute Gasteiger partial charge is 0.157 e. The number of hydrogen-bond donors (Lipinski definition) is 0. The zero-order chi connectivity index (χ0) is 13.3. The Kier molecular flexibility index (Phi) is 3.19.